The summed E-state index contributed by atoms with van der Waals surface area (Å²) in [6.07, 6.45) is 13.0. The van der Waals surface area contributed by atoms with Crippen LogP contribution < -0.4 is 0 Å². The second-order valence-corrected chi connectivity index (χ2v) is 8.94. The van der Waals surface area contributed by atoms with Crippen molar-refractivity contribution < 1.29 is 0 Å². The minimum atomic E-state index is 0.734. The van der Waals surface area contributed by atoms with E-state index in [1.54, 1.807) is 0 Å². The number of hydrogen-bond acceptors (Lipinski definition) is 0. The molecule has 1 heteroatoms. The largest absolute Gasteiger partial charge is 0.0914 e. The summed E-state index contributed by atoms with van der Waals surface area (Å²) >= 11 is 5.93. The summed E-state index contributed by atoms with van der Waals surface area (Å²) in [7, 11) is 0. The molecule has 0 amide bonds. The Morgan fingerprint density at radius 1 is 0.786 bits per heavy atom. The maximum Gasteiger partial charge on any atom is 0.0406 e. The van der Waals surface area contributed by atoms with Crippen molar-refractivity contribution in [1.82, 2.24) is 0 Å². The molecule has 4 unspecified atom stereocenters. The van der Waals surface area contributed by atoms with Crippen molar-refractivity contribution in [2.75, 3.05) is 0 Å². The van der Waals surface area contributed by atoms with Crippen molar-refractivity contribution in [3.05, 3.63) is 82.4 Å². The van der Waals surface area contributed by atoms with Crippen molar-refractivity contribution in [2.24, 2.45) is 17.8 Å². The van der Waals surface area contributed by atoms with Crippen molar-refractivity contribution in [3.8, 4) is 11.8 Å². The molecule has 0 spiro atoms. The monoisotopic (exact) mass is 388 g/mol. The van der Waals surface area contributed by atoms with Gasteiger partial charge in [0.15, 0.2) is 0 Å². The van der Waals surface area contributed by atoms with Gasteiger partial charge >= 0.3 is 0 Å². The molecule has 0 nitrogen and oxygen atoms in total. The number of fused-ring (bicyclic) bond motifs is 1. The van der Waals surface area contributed by atoms with E-state index in [1.807, 2.05) is 24.3 Å². The predicted octanol–water partition coefficient (Wildman–Crippen LogP) is 7.62. The molecule has 0 aromatic heterocycles. The van der Waals surface area contributed by atoms with Gasteiger partial charge in [-0.25, -0.2) is 0 Å². The quantitative estimate of drug-likeness (QED) is 0.366. The first-order chi connectivity index (χ1) is 13.7. The van der Waals surface area contributed by atoms with Gasteiger partial charge in [-0.2, -0.15) is 0 Å². The fourth-order valence-corrected chi connectivity index (χ4v) is 5.32. The summed E-state index contributed by atoms with van der Waals surface area (Å²) in [6.45, 7) is 2.16. The average molecular weight is 389 g/mol. The van der Waals surface area contributed by atoms with Crippen molar-refractivity contribution in [1.29, 1.82) is 0 Å². The maximum absolute atomic E-state index is 5.93. The molecule has 0 bridgehead atoms. The van der Waals surface area contributed by atoms with Crippen LogP contribution in [-0.2, 0) is 0 Å². The summed E-state index contributed by atoms with van der Waals surface area (Å²) in [5.74, 6) is 9.96. The summed E-state index contributed by atoms with van der Waals surface area (Å²) in [4.78, 5) is 0. The highest BCUT2D eigenvalue weighted by Crippen LogP contribution is 2.47. The first kappa shape index (κ1) is 19.4. The summed E-state index contributed by atoms with van der Waals surface area (Å²) in [5, 5.41) is 0.750. The van der Waals surface area contributed by atoms with E-state index in [-0.39, 0.29) is 0 Å². The van der Waals surface area contributed by atoms with Crippen LogP contribution in [0.25, 0.3) is 0 Å². The molecule has 0 heterocycles. The third kappa shape index (κ3) is 4.71. The number of hydrogen-bond donors (Lipinski definition) is 0. The van der Waals surface area contributed by atoms with Crippen LogP contribution in [0, 0.1) is 29.6 Å². The maximum atomic E-state index is 5.93. The molecule has 2 aliphatic carbocycles. The molecular formula is C27H29Cl. The van der Waals surface area contributed by atoms with Gasteiger partial charge in [0.25, 0.3) is 0 Å². The average Bonchev–Trinajstić information content (AvgIpc) is 2.74. The van der Waals surface area contributed by atoms with Gasteiger partial charge in [-0.05, 0) is 111 Å². The highest BCUT2D eigenvalue weighted by molar-refractivity contribution is 6.30. The van der Waals surface area contributed by atoms with Gasteiger partial charge in [0, 0.05) is 16.1 Å². The summed E-state index contributed by atoms with van der Waals surface area (Å²) < 4.78 is 0. The van der Waals surface area contributed by atoms with Gasteiger partial charge in [-0.15, -0.1) is 0 Å². The molecule has 2 aliphatic rings. The molecule has 0 aliphatic heterocycles. The third-order valence-corrected chi connectivity index (χ3v) is 6.95. The lowest BCUT2D eigenvalue weighted by atomic mass is 9.64. The van der Waals surface area contributed by atoms with Crippen molar-refractivity contribution in [2.45, 2.75) is 51.4 Å². The van der Waals surface area contributed by atoms with Gasteiger partial charge in [-0.1, -0.05) is 47.7 Å². The molecule has 0 N–H and O–H groups in total. The number of allylic oxidation sites excluding steroid dienone is 2. The molecule has 0 radical (unpaired) electrons. The third-order valence-electron chi connectivity index (χ3n) is 6.70. The smallest absolute Gasteiger partial charge is 0.0406 e. The van der Waals surface area contributed by atoms with E-state index in [9.17, 15) is 0 Å². The Balaban J connectivity index is 1.38. The topological polar surface area (TPSA) is 0 Å². The minimum Gasteiger partial charge on any atom is -0.0914 e. The number of halogens is 1. The molecule has 4 rings (SSSR count). The molecule has 4 atom stereocenters. The van der Waals surface area contributed by atoms with Gasteiger partial charge < -0.3 is 0 Å². The predicted molar refractivity (Wildman–Crippen MR) is 120 cm³/mol. The Bertz CT molecular complexity index is 863. The Labute approximate surface area is 175 Å². The van der Waals surface area contributed by atoms with E-state index in [0.29, 0.717) is 0 Å². The fourth-order valence-electron chi connectivity index (χ4n) is 5.19. The van der Waals surface area contributed by atoms with Crippen LogP contribution in [0.1, 0.15) is 68.1 Å². The Kier molecular flexibility index (Phi) is 6.23. The summed E-state index contributed by atoms with van der Waals surface area (Å²) in [6, 6.07) is 16.7. The van der Waals surface area contributed by atoms with Crippen molar-refractivity contribution in [3.63, 3.8) is 0 Å². The van der Waals surface area contributed by atoms with Crippen LogP contribution in [0.15, 0.2) is 60.7 Å². The van der Waals surface area contributed by atoms with Gasteiger partial charge in [0.1, 0.15) is 0 Å². The molecule has 28 heavy (non-hydrogen) atoms. The van der Waals surface area contributed by atoms with E-state index < -0.39 is 0 Å². The second kappa shape index (κ2) is 9.02. The molecule has 2 aromatic rings. The van der Waals surface area contributed by atoms with E-state index in [4.69, 9.17) is 11.6 Å². The lowest BCUT2D eigenvalue weighted by Crippen LogP contribution is -2.30. The minimum absolute atomic E-state index is 0.734. The Hall–Kier alpha value is -1.97. The standard InChI is InChI=1S/C27H29Cl/c1-2-3-22-8-13-26-19-25(15-14-24(26)18-22)23-11-6-20(7-12-23)4-5-21-9-16-27(28)17-10-21/h2-3,6-7,9-12,16-17,22,24-26H,8,13-15,18-19H2,1H3/b3-2+. The molecule has 2 aromatic carbocycles. The SMILES string of the molecule is C/C=C/C1CCC2CC(c3ccc(C#Cc4ccc(Cl)cc4)cc3)CCC2C1. The second-order valence-electron chi connectivity index (χ2n) is 8.51. The Morgan fingerprint density at radius 2 is 1.39 bits per heavy atom. The molecule has 0 saturated heterocycles. The molecular weight excluding hydrogens is 360 g/mol. The first-order valence-electron chi connectivity index (χ1n) is 10.7. The zero-order valence-electron chi connectivity index (χ0n) is 16.7. The fraction of sp³-hybridized carbons (Fsp3) is 0.407. The van der Waals surface area contributed by atoms with Crippen LogP contribution in [0.2, 0.25) is 5.02 Å². The van der Waals surface area contributed by atoms with Crippen LogP contribution in [-0.4, -0.2) is 0 Å². The van der Waals surface area contributed by atoms with Crippen LogP contribution in [0.4, 0.5) is 0 Å². The van der Waals surface area contributed by atoms with Gasteiger partial charge in [-0.3, -0.25) is 0 Å². The molecule has 2 saturated carbocycles. The normalized spacial score (nSPS) is 27.1. The van der Waals surface area contributed by atoms with E-state index in [2.05, 4.69) is 55.2 Å². The van der Waals surface area contributed by atoms with E-state index in [1.165, 1.54) is 44.1 Å². The molecule has 2 fully saturated rings. The van der Waals surface area contributed by atoms with Gasteiger partial charge in [0.2, 0.25) is 0 Å². The first-order valence-corrected chi connectivity index (χ1v) is 11.1. The molecule has 144 valence electrons. The highest BCUT2D eigenvalue weighted by atomic mass is 35.5. The van der Waals surface area contributed by atoms with Crippen molar-refractivity contribution >= 4 is 11.6 Å². The number of benzene rings is 2. The lowest BCUT2D eigenvalue weighted by molar-refractivity contribution is 0.133. The van der Waals surface area contributed by atoms with E-state index >= 15 is 0 Å². The zero-order valence-corrected chi connectivity index (χ0v) is 17.5. The van der Waals surface area contributed by atoms with Crippen LogP contribution >= 0.6 is 11.6 Å². The lowest BCUT2D eigenvalue weighted by Gasteiger charge is -2.41. The van der Waals surface area contributed by atoms with Gasteiger partial charge in [0.05, 0.1) is 0 Å². The van der Waals surface area contributed by atoms with Crippen LogP contribution in [0.5, 0.6) is 0 Å². The zero-order chi connectivity index (χ0) is 19.3. The van der Waals surface area contributed by atoms with E-state index in [0.717, 1.165) is 39.8 Å². The van der Waals surface area contributed by atoms with Crippen LogP contribution in [0.3, 0.4) is 0 Å². The Morgan fingerprint density at radius 3 is 2.07 bits per heavy atom. The number of rotatable bonds is 2. The summed E-state index contributed by atoms with van der Waals surface area (Å²) in [5.41, 5.74) is 3.59. The highest BCUT2D eigenvalue weighted by Gasteiger charge is 2.35.